The van der Waals surface area contributed by atoms with Gasteiger partial charge in [0.25, 0.3) is 0 Å². The molecular formula is C17H17NO3S. The molecule has 22 heavy (non-hydrogen) atoms. The molecule has 0 spiro atoms. The molecule has 3 rings (SSSR count). The molecule has 2 aromatic carbocycles. The normalized spacial score (nSPS) is 17.9. The minimum Gasteiger partial charge on any atom is -0.493 e. The molecule has 1 atom stereocenters. The van der Waals surface area contributed by atoms with E-state index in [-0.39, 0.29) is 6.04 Å². The van der Waals surface area contributed by atoms with Crippen molar-refractivity contribution in [2.24, 2.45) is 0 Å². The number of benzene rings is 2. The summed E-state index contributed by atoms with van der Waals surface area (Å²) in [6.07, 6.45) is 2.21. The van der Waals surface area contributed by atoms with E-state index in [2.05, 4.69) is 4.72 Å². The lowest BCUT2D eigenvalue weighted by Gasteiger charge is -2.25. The fourth-order valence-electron chi connectivity index (χ4n) is 2.43. The van der Waals surface area contributed by atoms with E-state index in [4.69, 9.17) is 4.74 Å². The summed E-state index contributed by atoms with van der Waals surface area (Å²) in [5.74, 6) is 0.744. The molecule has 0 aliphatic carbocycles. The topological polar surface area (TPSA) is 55.4 Å². The lowest BCUT2D eigenvalue weighted by atomic mass is 10.0. The number of ether oxygens (including phenoxy) is 1. The van der Waals surface area contributed by atoms with E-state index in [1.807, 2.05) is 54.6 Å². The number of para-hydroxylation sites is 1. The molecule has 0 bridgehead atoms. The number of rotatable bonds is 4. The van der Waals surface area contributed by atoms with Crippen LogP contribution in [0.4, 0.5) is 0 Å². The van der Waals surface area contributed by atoms with Gasteiger partial charge in [-0.2, -0.15) is 0 Å². The van der Waals surface area contributed by atoms with Crippen LogP contribution in [-0.4, -0.2) is 15.0 Å². The maximum absolute atomic E-state index is 12.2. The lowest BCUT2D eigenvalue weighted by molar-refractivity contribution is 0.263. The Hall–Kier alpha value is -2.11. The Balaban J connectivity index is 1.77. The van der Waals surface area contributed by atoms with Crippen molar-refractivity contribution in [3.05, 3.63) is 71.1 Å². The molecule has 2 aromatic rings. The zero-order chi connectivity index (χ0) is 15.4. The van der Waals surface area contributed by atoms with Crippen LogP contribution in [0.15, 0.2) is 60.0 Å². The molecule has 1 unspecified atom stereocenters. The number of nitrogens with one attached hydrogen (secondary N) is 1. The van der Waals surface area contributed by atoms with Crippen LogP contribution in [0.3, 0.4) is 0 Å². The number of hydrogen-bond donors (Lipinski definition) is 1. The van der Waals surface area contributed by atoms with Gasteiger partial charge in [0.2, 0.25) is 10.0 Å². The smallest absolute Gasteiger partial charge is 0.234 e. The second-order valence-corrected chi connectivity index (χ2v) is 6.70. The summed E-state index contributed by atoms with van der Waals surface area (Å²) >= 11 is 0. The van der Waals surface area contributed by atoms with Gasteiger partial charge in [0, 0.05) is 17.4 Å². The zero-order valence-electron chi connectivity index (χ0n) is 12.0. The summed E-state index contributed by atoms with van der Waals surface area (Å²) in [6.45, 7) is 0.507. The highest BCUT2D eigenvalue weighted by atomic mass is 32.2. The van der Waals surface area contributed by atoms with E-state index in [0.717, 1.165) is 16.9 Å². The fraction of sp³-hybridized carbons (Fsp3) is 0.176. The molecule has 1 aliphatic heterocycles. The molecule has 0 amide bonds. The van der Waals surface area contributed by atoms with Crippen LogP contribution >= 0.6 is 0 Å². The highest BCUT2D eigenvalue weighted by Crippen LogP contribution is 2.32. The average Bonchev–Trinajstić information content (AvgIpc) is 2.54. The Kier molecular flexibility index (Phi) is 4.27. The lowest BCUT2D eigenvalue weighted by Crippen LogP contribution is -2.30. The minimum atomic E-state index is -3.51. The van der Waals surface area contributed by atoms with Crippen LogP contribution in [0, 0.1) is 0 Å². The molecule has 5 heteroatoms. The maximum Gasteiger partial charge on any atom is 0.234 e. The van der Waals surface area contributed by atoms with Crippen molar-refractivity contribution >= 4 is 16.1 Å². The Labute approximate surface area is 130 Å². The van der Waals surface area contributed by atoms with E-state index in [9.17, 15) is 8.42 Å². The van der Waals surface area contributed by atoms with Crippen LogP contribution in [0.2, 0.25) is 0 Å². The molecule has 114 valence electrons. The summed E-state index contributed by atoms with van der Waals surface area (Å²) < 4.78 is 32.8. The van der Waals surface area contributed by atoms with E-state index >= 15 is 0 Å². The summed E-state index contributed by atoms with van der Waals surface area (Å²) in [5.41, 5.74) is 1.73. The second kappa shape index (κ2) is 6.34. The molecule has 1 aliphatic rings. The molecule has 0 saturated carbocycles. The van der Waals surface area contributed by atoms with Gasteiger partial charge >= 0.3 is 0 Å². The minimum absolute atomic E-state index is 0.254. The van der Waals surface area contributed by atoms with Crippen LogP contribution in [-0.2, 0) is 10.0 Å². The van der Waals surface area contributed by atoms with E-state index in [1.165, 1.54) is 5.41 Å². The Morgan fingerprint density at radius 3 is 2.59 bits per heavy atom. The average molecular weight is 315 g/mol. The number of hydrogen-bond acceptors (Lipinski definition) is 3. The van der Waals surface area contributed by atoms with Gasteiger partial charge in [-0.1, -0.05) is 48.5 Å². The molecule has 0 fully saturated rings. The fourth-order valence-corrected chi connectivity index (χ4v) is 3.49. The summed E-state index contributed by atoms with van der Waals surface area (Å²) in [4.78, 5) is 0. The molecule has 0 radical (unpaired) electrons. The summed E-state index contributed by atoms with van der Waals surface area (Å²) in [5, 5.41) is 1.21. The molecular weight excluding hydrogens is 298 g/mol. The van der Waals surface area contributed by atoms with Crippen LogP contribution < -0.4 is 9.46 Å². The van der Waals surface area contributed by atoms with E-state index < -0.39 is 10.0 Å². The van der Waals surface area contributed by atoms with Crippen LogP contribution in [0.5, 0.6) is 5.75 Å². The molecule has 0 aromatic heterocycles. The van der Waals surface area contributed by atoms with Gasteiger partial charge in [-0.05, 0) is 17.7 Å². The molecule has 1 N–H and O–H groups in total. The standard InChI is InChI=1S/C17H17NO3S/c19-22(20,13-11-14-6-2-1-3-7-14)18-16-10-12-21-17-9-5-4-8-15(16)17/h1-9,11,13,16,18H,10,12H2/b13-11+. The SMILES string of the molecule is O=S(=O)(/C=C/c1ccccc1)NC1CCOc2ccccc21. The Bertz CT molecular complexity index is 770. The third-order valence-electron chi connectivity index (χ3n) is 3.50. The zero-order valence-corrected chi connectivity index (χ0v) is 12.8. The highest BCUT2D eigenvalue weighted by molar-refractivity contribution is 7.92. The van der Waals surface area contributed by atoms with Gasteiger partial charge in [-0.15, -0.1) is 0 Å². The number of sulfonamides is 1. The van der Waals surface area contributed by atoms with E-state index in [1.54, 1.807) is 6.08 Å². The number of fused-ring (bicyclic) bond motifs is 1. The van der Waals surface area contributed by atoms with Gasteiger partial charge in [-0.25, -0.2) is 13.1 Å². The first-order valence-corrected chi connectivity index (χ1v) is 8.66. The monoisotopic (exact) mass is 315 g/mol. The third-order valence-corrected chi connectivity index (χ3v) is 4.61. The first-order chi connectivity index (χ1) is 10.6. The van der Waals surface area contributed by atoms with Crippen LogP contribution in [0.25, 0.3) is 6.08 Å². The van der Waals surface area contributed by atoms with Gasteiger partial charge in [0.15, 0.2) is 0 Å². The quantitative estimate of drug-likeness (QED) is 0.943. The Morgan fingerprint density at radius 2 is 1.77 bits per heavy atom. The predicted octanol–water partition coefficient (Wildman–Crippen LogP) is 3.10. The molecule has 4 nitrogen and oxygen atoms in total. The van der Waals surface area contributed by atoms with Gasteiger partial charge in [0.1, 0.15) is 5.75 Å². The van der Waals surface area contributed by atoms with Crippen molar-refractivity contribution in [1.82, 2.24) is 4.72 Å². The predicted molar refractivity (Wildman–Crippen MR) is 86.8 cm³/mol. The highest BCUT2D eigenvalue weighted by Gasteiger charge is 2.24. The van der Waals surface area contributed by atoms with Crippen molar-refractivity contribution in [1.29, 1.82) is 0 Å². The van der Waals surface area contributed by atoms with Crippen LogP contribution in [0.1, 0.15) is 23.6 Å². The van der Waals surface area contributed by atoms with Crippen molar-refractivity contribution < 1.29 is 13.2 Å². The summed E-state index contributed by atoms with van der Waals surface area (Å²) in [7, 11) is -3.51. The Morgan fingerprint density at radius 1 is 1.05 bits per heavy atom. The van der Waals surface area contributed by atoms with Crippen molar-refractivity contribution in [2.75, 3.05) is 6.61 Å². The first-order valence-electron chi connectivity index (χ1n) is 7.11. The van der Waals surface area contributed by atoms with Crippen molar-refractivity contribution in [3.8, 4) is 5.75 Å². The van der Waals surface area contributed by atoms with Gasteiger partial charge < -0.3 is 4.74 Å². The van der Waals surface area contributed by atoms with Gasteiger partial charge in [-0.3, -0.25) is 0 Å². The first kappa shape index (κ1) is 14.8. The van der Waals surface area contributed by atoms with Crippen molar-refractivity contribution in [3.63, 3.8) is 0 Å². The largest absolute Gasteiger partial charge is 0.493 e. The molecule has 0 saturated heterocycles. The third kappa shape index (κ3) is 3.55. The summed E-state index contributed by atoms with van der Waals surface area (Å²) in [6, 6.07) is 16.6. The maximum atomic E-state index is 12.2. The van der Waals surface area contributed by atoms with E-state index in [0.29, 0.717) is 13.0 Å². The second-order valence-electron chi connectivity index (χ2n) is 5.10. The van der Waals surface area contributed by atoms with Crippen molar-refractivity contribution in [2.45, 2.75) is 12.5 Å². The van der Waals surface area contributed by atoms with Gasteiger partial charge in [0.05, 0.1) is 12.6 Å². The molecule has 1 heterocycles.